The molecule has 0 atom stereocenters. The molecule has 0 bridgehead atoms. The number of halogens is 2. The van der Waals surface area contributed by atoms with E-state index in [9.17, 15) is 22.0 Å². The fourth-order valence-electron chi connectivity index (χ4n) is 2.47. The van der Waals surface area contributed by atoms with Crippen LogP contribution in [0.25, 0.3) is 0 Å². The Hall–Kier alpha value is -1.85. The second-order valence-corrected chi connectivity index (χ2v) is 8.18. The highest BCUT2D eigenvalue weighted by atomic mass is 32.2. The van der Waals surface area contributed by atoms with Gasteiger partial charge in [0, 0.05) is 32.4 Å². The highest BCUT2D eigenvalue weighted by molar-refractivity contribution is 7.91. The van der Waals surface area contributed by atoms with E-state index in [4.69, 9.17) is 0 Å². The molecule has 0 aliphatic carbocycles. The Bertz CT molecular complexity index is 812. The average Bonchev–Trinajstić information content (AvgIpc) is 3.25. The van der Waals surface area contributed by atoms with Crippen molar-refractivity contribution in [1.29, 1.82) is 0 Å². The minimum Gasteiger partial charge on any atom is -0.335 e. The average molecular weight is 376 g/mol. The summed E-state index contributed by atoms with van der Waals surface area (Å²) >= 11 is 1.13. The van der Waals surface area contributed by atoms with E-state index in [2.05, 4.69) is 5.10 Å². The van der Waals surface area contributed by atoms with E-state index in [1.807, 2.05) is 0 Å². The highest BCUT2D eigenvalue weighted by Gasteiger charge is 2.32. The van der Waals surface area contributed by atoms with Gasteiger partial charge in [-0.15, -0.1) is 11.3 Å². The lowest BCUT2D eigenvalue weighted by Crippen LogP contribution is -2.50. The first kappa shape index (κ1) is 17.0. The summed E-state index contributed by atoms with van der Waals surface area (Å²) in [7, 11) is -3.57. The number of hydrogen-bond donors (Lipinski definition) is 0. The van der Waals surface area contributed by atoms with Crippen LogP contribution in [0.15, 0.2) is 34.0 Å². The molecule has 11 heteroatoms. The Morgan fingerprint density at radius 1 is 1.21 bits per heavy atom. The van der Waals surface area contributed by atoms with Gasteiger partial charge >= 0.3 is 6.55 Å². The topological polar surface area (TPSA) is 75.5 Å². The third-order valence-electron chi connectivity index (χ3n) is 3.69. The molecule has 24 heavy (non-hydrogen) atoms. The van der Waals surface area contributed by atoms with E-state index in [0.717, 1.165) is 17.5 Å². The predicted octanol–water partition coefficient (Wildman–Crippen LogP) is 1.49. The molecule has 1 saturated heterocycles. The summed E-state index contributed by atoms with van der Waals surface area (Å²) in [5, 5.41) is 5.11. The van der Waals surface area contributed by atoms with Crippen molar-refractivity contribution in [1.82, 2.24) is 19.0 Å². The van der Waals surface area contributed by atoms with Crippen LogP contribution in [-0.4, -0.2) is 59.5 Å². The minimum atomic E-state index is -3.57. The lowest BCUT2D eigenvalue weighted by atomic mass is 10.3. The Kier molecular flexibility index (Phi) is 4.65. The van der Waals surface area contributed by atoms with E-state index < -0.39 is 22.5 Å². The zero-order valence-corrected chi connectivity index (χ0v) is 14.0. The minimum absolute atomic E-state index is 0.120. The number of carbonyl (C=O) groups is 1. The van der Waals surface area contributed by atoms with Crippen molar-refractivity contribution in [3.8, 4) is 0 Å². The Morgan fingerprint density at radius 2 is 1.92 bits per heavy atom. The van der Waals surface area contributed by atoms with Crippen LogP contribution in [0.2, 0.25) is 0 Å². The maximum Gasteiger partial charge on any atom is 0.333 e. The number of nitrogens with zero attached hydrogens (tertiary/aromatic N) is 4. The van der Waals surface area contributed by atoms with E-state index in [1.165, 1.54) is 21.3 Å². The van der Waals surface area contributed by atoms with E-state index in [0.29, 0.717) is 4.68 Å². The predicted molar refractivity (Wildman–Crippen MR) is 82.5 cm³/mol. The summed E-state index contributed by atoms with van der Waals surface area (Å²) in [6.45, 7) is -2.39. The number of aromatic nitrogens is 2. The molecule has 1 fully saturated rings. The molecule has 0 N–H and O–H groups in total. The molecule has 3 rings (SSSR count). The fourth-order valence-corrected chi connectivity index (χ4v) is 5.04. The van der Waals surface area contributed by atoms with Crippen LogP contribution < -0.4 is 0 Å². The monoisotopic (exact) mass is 376 g/mol. The zero-order valence-electron chi connectivity index (χ0n) is 12.4. The van der Waals surface area contributed by atoms with Gasteiger partial charge in [0.1, 0.15) is 9.90 Å². The molecule has 2 aromatic heterocycles. The van der Waals surface area contributed by atoms with Crippen LogP contribution in [0, 0.1) is 0 Å². The lowest BCUT2D eigenvalue weighted by Gasteiger charge is -2.33. The van der Waals surface area contributed by atoms with Crippen LogP contribution in [-0.2, 0) is 10.0 Å². The maximum absolute atomic E-state index is 12.8. The van der Waals surface area contributed by atoms with Crippen molar-refractivity contribution >= 4 is 27.3 Å². The summed E-state index contributed by atoms with van der Waals surface area (Å²) in [5.74, 6) is -0.582. The SMILES string of the molecule is O=C(c1ccnn1C(F)F)N1CCN(S(=O)(=O)c2cccs2)CC1. The van der Waals surface area contributed by atoms with Crippen LogP contribution >= 0.6 is 11.3 Å². The van der Waals surface area contributed by atoms with Gasteiger partial charge in [-0.2, -0.15) is 22.9 Å². The van der Waals surface area contributed by atoms with Crippen molar-refractivity contribution in [3.05, 3.63) is 35.5 Å². The van der Waals surface area contributed by atoms with Crippen molar-refractivity contribution in [3.63, 3.8) is 0 Å². The number of hydrogen-bond acceptors (Lipinski definition) is 5. The molecule has 0 aromatic carbocycles. The summed E-state index contributed by atoms with van der Waals surface area (Å²) < 4.78 is 52.4. The molecule has 130 valence electrons. The number of rotatable bonds is 4. The smallest absolute Gasteiger partial charge is 0.333 e. The molecule has 1 amide bonds. The van der Waals surface area contributed by atoms with E-state index >= 15 is 0 Å². The molecular formula is C13H14F2N4O3S2. The standard InChI is InChI=1S/C13H14F2N4O3S2/c14-13(15)19-10(3-4-16-19)12(20)17-5-7-18(8-6-17)24(21,22)11-2-1-9-23-11/h1-4,9,13H,5-8H2. The van der Waals surface area contributed by atoms with E-state index in [-0.39, 0.29) is 36.1 Å². The van der Waals surface area contributed by atoms with Crippen molar-refractivity contribution in [2.45, 2.75) is 10.8 Å². The number of piperazine rings is 1. The van der Waals surface area contributed by atoms with Gasteiger partial charge < -0.3 is 4.90 Å². The van der Waals surface area contributed by atoms with Gasteiger partial charge in [0.2, 0.25) is 0 Å². The molecule has 0 spiro atoms. The van der Waals surface area contributed by atoms with Gasteiger partial charge in [0.15, 0.2) is 0 Å². The van der Waals surface area contributed by atoms with Crippen molar-refractivity contribution in [2.24, 2.45) is 0 Å². The Labute approximate surface area is 141 Å². The van der Waals surface area contributed by atoms with Gasteiger partial charge in [-0.05, 0) is 17.5 Å². The summed E-state index contributed by atoms with van der Waals surface area (Å²) in [5.41, 5.74) is -0.209. The molecule has 1 aliphatic heterocycles. The summed E-state index contributed by atoms with van der Waals surface area (Å²) in [4.78, 5) is 13.7. The number of alkyl halides is 2. The van der Waals surface area contributed by atoms with Crippen molar-refractivity contribution < 1.29 is 22.0 Å². The molecular weight excluding hydrogens is 362 g/mol. The molecule has 2 aromatic rings. The quantitative estimate of drug-likeness (QED) is 0.810. The first-order chi connectivity index (χ1) is 11.4. The first-order valence-electron chi connectivity index (χ1n) is 7.06. The molecule has 3 heterocycles. The zero-order chi connectivity index (χ0) is 17.3. The first-order valence-corrected chi connectivity index (χ1v) is 9.38. The molecule has 1 aliphatic rings. The highest BCUT2D eigenvalue weighted by Crippen LogP contribution is 2.22. The Morgan fingerprint density at radius 3 is 2.50 bits per heavy atom. The molecule has 7 nitrogen and oxygen atoms in total. The summed E-state index contributed by atoms with van der Waals surface area (Å²) in [6.07, 6.45) is 1.14. The third kappa shape index (κ3) is 3.06. The van der Waals surface area contributed by atoms with Gasteiger partial charge in [0.05, 0.1) is 0 Å². The van der Waals surface area contributed by atoms with E-state index in [1.54, 1.807) is 11.4 Å². The molecule has 0 unspecified atom stereocenters. The fraction of sp³-hybridized carbons (Fsp3) is 0.385. The van der Waals surface area contributed by atoms with Crippen LogP contribution in [0.4, 0.5) is 8.78 Å². The second-order valence-electron chi connectivity index (χ2n) is 5.07. The van der Waals surface area contributed by atoms with Gasteiger partial charge in [-0.1, -0.05) is 6.07 Å². The summed E-state index contributed by atoms with van der Waals surface area (Å²) in [6, 6.07) is 4.41. The normalized spacial score (nSPS) is 16.7. The van der Waals surface area contributed by atoms with Crippen molar-refractivity contribution in [2.75, 3.05) is 26.2 Å². The Balaban J connectivity index is 1.69. The van der Waals surface area contributed by atoms with Crippen LogP contribution in [0.5, 0.6) is 0 Å². The van der Waals surface area contributed by atoms with Gasteiger partial charge in [0.25, 0.3) is 15.9 Å². The third-order valence-corrected chi connectivity index (χ3v) is 6.96. The van der Waals surface area contributed by atoms with Crippen LogP contribution in [0.3, 0.4) is 0 Å². The number of sulfonamides is 1. The number of amides is 1. The second kappa shape index (κ2) is 6.57. The van der Waals surface area contributed by atoms with Gasteiger partial charge in [-0.3, -0.25) is 4.79 Å². The van der Waals surface area contributed by atoms with Crippen LogP contribution in [0.1, 0.15) is 17.0 Å². The molecule has 0 radical (unpaired) electrons. The largest absolute Gasteiger partial charge is 0.335 e. The molecule has 0 saturated carbocycles. The van der Waals surface area contributed by atoms with Gasteiger partial charge in [-0.25, -0.2) is 8.42 Å². The number of carbonyl (C=O) groups excluding carboxylic acids is 1. The maximum atomic E-state index is 12.8. The lowest BCUT2D eigenvalue weighted by molar-refractivity contribution is 0.0447. The number of thiophene rings is 1.